The fraction of sp³-hybridized carbons (Fsp3) is 0.857. The molecule has 1 aliphatic rings. The van der Waals surface area contributed by atoms with Crippen LogP contribution in [0.4, 0.5) is 0 Å². The molecule has 3 nitrogen and oxygen atoms in total. The summed E-state index contributed by atoms with van der Waals surface area (Å²) < 4.78 is 0. The lowest BCUT2D eigenvalue weighted by atomic mass is 9.99. The van der Waals surface area contributed by atoms with Crippen molar-refractivity contribution in [1.29, 1.82) is 0 Å². The maximum Gasteiger partial charge on any atom is 0.222 e. The molecule has 1 aliphatic heterocycles. The van der Waals surface area contributed by atoms with Gasteiger partial charge in [-0.3, -0.25) is 4.79 Å². The van der Waals surface area contributed by atoms with E-state index < -0.39 is 0 Å². The lowest BCUT2D eigenvalue weighted by Crippen LogP contribution is -2.38. The summed E-state index contributed by atoms with van der Waals surface area (Å²) in [6, 6.07) is 0. The SMILES string of the molecule is CN1C[C@@H](CO)CCC1=O. The summed E-state index contributed by atoms with van der Waals surface area (Å²) >= 11 is 0. The van der Waals surface area contributed by atoms with Crippen molar-refractivity contribution in [2.75, 3.05) is 20.2 Å². The molecule has 0 saturated carbocycles. The van der Waals surface area contributed by atoms with Crippen molar-refractivity contribution in [2.45, 2.75) is 12.8 Å². The fourth-order valence-electron chi connectivity index (χ4n) is 1.25. The number of rotatable bonds is 1. The second-order valence-electron chi connectivity index (χ2n) is 2.86. The number of carbonyl (C=O) groups is 1. The average Bonchev–Trinajstić information content (AvgIpc) is 1.95. The molecule has 1 fully saturated rings. The third-order valence-corrected chi connectivity index (χ3v) is 1.98. The van der Waals surface area contributed by atoms with Gasteiger partial charge in [-0.05, 0) is 6.42 Å². The van der Waals surface area contributed by atoms with E-state index in [0.717, 1.165) is 13.0 Å². The zero-order chi connectivity index (χ0) is 7.56. The fourth-order valence-corrected chi connectivity index (χ4v) is 1.25. The number of nitrogens with zero attached hydrogens (tertiary/aromatic N) is 1. The zero-order valence-electron chi connectivity index (χ0n) is 6.21. The molecule has 0 spiro atoms. The lowest BCUT2D eigenvalue weighted by molar-refractivity contribution is -0.133. The molecular weight excluding hydrogens is 130 g/mol. The topological polar surface area (TPSA) is 40.5 Å². The number of hydrogen-bond donors (Lipinski definition) is 1. The zero-order valence-corrected chi connectivity index (χ0v) is 6.21. The minimum absolute atomic E-state index is 0.199. The molecule has 1 atom stereocenters. The molecule has 1 saturated heterocycles. The van der Waals surface area contributed by atoms with Gasteiger partial charge in [-0.2, -0.15) is 0 Å². The number of aliphatic hydroxyl groups is 1. The van der Waals surface area contributed by atoms with Gasteiger partial charge >= 0.3 is 0 Å². The predicted molar refractivity (Wildman–Crippen MR) is 37.4 cm³/mol. The lowest BCUT2D eigenvalue weighted by Gasteiger charge is -2.28. The number of hydrogen-bond acceptors (Lipinski definition) is 2. The maximum atomic E-state index is 10.9. The Bertz CT molecular complexity index is 136. The van der Waals surface area contributed by atoms with Crippen molar-refractivity contribution in [1.82, 2.24) is 4.90 Å². The molecule has 1 rings (SSSR count). The molecule has 3 heteroatoms. The van der Waals surface area contributed by atoms with E-state index in [1.807, 2.05) is 0 Å². The molecule has 0 aromatic carbocycles. The summed E-state index contributed by atoms with van der Waals surface area (Å²) in [5, 5.41) is 8.76. The van der Waals surface area contributed by atoms with Gasteiger partial charge in [0.1, 0.15) is 0 Å². The highest BCUT2D eigenvalue weighted by Crippen LogP contribution is 2.14. The van der Waals surface area contributed by atoms with E-state index in [2.05, 4.69) is 0 Å². The smallest absolute Gasteiger partial charge is 0.222 e. The minimum Gasteiger partial charge on any atom is -0.396 e. The summed E-state index contributed by atoms with van der Waals surface area (Å²) in [5.41, 5.74) is 0. The van der Waals surface area contributed by atoms with Crippen molar-refractivity contribution < 1.29 is 9.90 Å². The van der Waals surface area contributed by atoms with Crippen molar-refractivity contribution in [3.05, 3.63) is 0 Å². The quantitative estimate of drug-likeness (QED) is 0.554. The van der Waals surface area contributed by atoms with E-state index in [-0.39, 0.29) is 12.5 Å². The van der Waals surface area contributed by atoms with Crippen LogP contribution in [-0.4, -0.2) is 36.1 Å². The Labute approximate surface area is 60.6 Å². The molecule has 0 radical (unpaired) electrons. The van der Waals surface area contributed by atoms with E-state index in [9.17, 15) is 4.79 Å². The second kappa shape index (κ2) is 3.01. The Morgan fingerprint density at radius 3 is 3.00 bits per heavy atom. The van der Waals surface area contributed by atoms with Crippen molar-refractivity contribution in [2.24, 2.45) is 5.92 Å². The Morgan fingerprint density at radius 2 is 2.50 bits per heavy atom. The molecule has 0 aromatic rings. The summed E-state index contributed by atoms with van der Waals surface area (Å²) in [4.78, 5) is 12.6. The molecule has 58 valence electrons. The first-order valence-corrected chi connectivity index (χ1v) is 3.59. The van der Waals surface area contributed by atoms with Gasteiger partial charge in [-0.25, -0.2) is 0 Å². The van der Waals surface area contributed by atoms with Crippen LogP contribution in [0.15, 0.2) is 0 Å². The van der Waals surface area contributed by atoms with Crippen LogP contribution in [0.25, 0.3) is 0 Å². The van der Waals surface area contributed by atoms with E-state index in [1.165, 1.54) is 0 Å². The van der Waals surface area contributed by atoms with E-state index >= 15 is 0 Å². The molecule has 0 aliphatic carbocycles. The summed E-state index contributed by atoms with van der Waals surface area (Å²) in [7, 11) is 1.78. The van der Waals surface area contributed by atoms with Gasteiger partial charge in [0.2, 0.25) is 5.91 Å². The van der Waals surface area contributed by atoms with Gasteiger partial charge in [0, 0.05) is 32.5 Å². The molecule has 10 heavy (non-hydrogen) atoms. The standard InChI is InChI=1S/C7H13NO2/c1-8-4-6(5-9)2-3-7(8)10/h6,9H,2-5H2,1H3/t6-/m0/s1. The van der Waals surface area contributed by atoms with Gasteiger partial charge in [0.25, 0.3) is 0 Å². The van der Waals surface area contributed by atoms with Crippen LogP contribution in [0.2, 0.25) is 0 Å². The van der Waals surface area contributed by atoms with Crippen LogP contribution in [0.5, 0.6) is 0 Å². The average molecular weight is 143 g/mol. The van der Waals surface area contributed by atoms with E-state index in [0.29, 0.717) is 12.3 Å². The number of carbonyl (C=O) groups excluding carboxylic acids is 1. The first-order valence-electron chi connectivity index (χ1n) is 3.59. The van der Waals surface area contributed by atoms with Crippen molar-refractivity contribution in [3.63, 3.8) is 0 Å². The molecule has 1 heterocycles. The highest BCUT2D eigenvalue weighted by molar-refractivity contribution is 5.76. The minimum atomic E-state index is 0.199. The molecule has 1 amide bonds. The first kappa shape index (κ1) is 7.54. The number of aliphatic hydroxyl groups excluding tert-OH is 1. The third-order valence-electron chi connectivity index (χ3n) is 1.98. The highest BCUT2D eigenvalue weighted by Gasteiger charge is 2.21. The van der Waals surface area contributed by atoms with Crippen LogP contribution >= 0.6 is 0 Å². The van der Waals surface area contributed by atoms with Crippen molar-refractivity contribution in [3.8, 4) is 0 Å². The van der Waals surface area contributed by atoms with Crippen molar-refractivity contribution >= 4 is 5.91 Å². The first-order chi connectivity index (χ1) is 4.74. The monoisotopic (exact) mass is 143 g/mol. The number of likely N-dealkylation sites (tertiary alicyclic amines) is 1. The Kier molecular flexibility index (Phi) is 2.27. The molecule has 1 N–H and O–H groups in total. The second-order valence-corrected chi connectivity index (χ2v) is 2.86. The number of piperidine rings is 1. The van der Waals surface area contributed by atoms with Crippen LogP contribution in [-0.2, 0) is 4.79 Å². The molecular formula is C7H13NO2. The molecule has 0 aromatic heterocycles. The van der Waals surface area contributed by atoms with Gasteiger partial charge in [0.15, 0.2) is 0 Å². The van der Waals surface area contributed by atoms with Crippen LogP contribution in [0.3, 0.4) is 0 Å². The van der Waals surface area contributed by atoms with E-state index in [1.54, 1.807) is 11.9 Å². The normalized spacial score (nSPS) is 27.2. The number of amides is 1. The van der Waals surface area contributed by atoms with Gasteiger partial charge in [-0.1, -0.05) is 0 Å². The van der Waals surface area contributed by atoms with Gasteiger partial charge in [0.05, 0.1) is 0 Å². The van der Waals surface area contributed by atoms with Gasteiger partial charge < -0.3 is 10.0 Å². The van der Waals surface area contributed by atoms with Crippen LogP contribution in [0.1, 0.15) is 12.8 Å². The Hall–Kier alpha value is -0.570. The van der Waals surface area contributed by atoms with Gasteiger partial charge in [-0.15, -0.1) is 0 Å². The maximum absolute atomic E-state index is 10.9. The summed E-state index contributed by atoms with van der Waals surface area (Å²) in [5.74, 6) is 0.507. The van der Waals surface area contributed by atoms with Crippen LogP contribution < -0.4 is 0 Å². The Morgan fingerprint density at radius 1 is 1.80 bits per heavy atom. The summed E-state index contributed by atoms with van der Waals surface area (Å²) in [6.45, 7) is 0.924. The van der Waals surface area contributed by atoms with Crippen LogP contribution in [0, 0.1) is 5.92 Å². The predicted octanol–water partition coefficient (Wildman–Crippen LogP) is -0.153. The molecule has 0 bridgehead atoms. The largest absolute Gasteiger partial charge is 0.396 e. The Balaban J connectivity index is 2.40. The third kappa shape index (κ3) is 1.48. The molecule has 0 unspecified atom stereocenters. The summed E-state index contributed by atoms with van der Waals surface area (Å²) in [6.07, 6.45) is 1.45. The van der Waals surface area contributed by atoms with E-state index in [4.69, 9.17) is 5.11 Å². The highest BCUT2D eigenvalue weighted by atomic mass is 16.3.